The van der Waals surface area contributed by atoms with Gasteiger partial charge in [-0.1, -0.05) is 24.3 Å². The number of rotatable bonds is 2. The molecule has 128 valence electrons. The van der Waals surface area contributed by atoms with E-state index in [9.17, 15) is 19.7 Å². The summed E-state index contributed by atoms with van der Waals surface area (Å²) in [5.74, 6) is 0.164. The SMILES string of the molecule is Cn1c(=O)nc2n(-c3cccc([N+](=O)[O-])c3)c3ccccc3cc-2c1=O. The number of hydrogen-bond donors (Lipinski definition) is 0. The normalized spacial score (nSPS) is 11.1. The second-order valence-electron chi connectivity index (χ2n) is 5.81. The zero-order valence-corrected chi connectivity index (χ0v) is 13.6. The molecule has 0 unspecified atom stereocenters. The van der Waals surface area contributed by atoms with Crippen molar-refractivity contribution < 1.29 is 4.92 Å². The van der Waals surface area contributed by atoms with Gasteiger partial charge >= 0.3 is 5.69 Å². The predicted octanol–water partition coefficient (Wildman–Crippen LogP) is 2.10. The number of hydrogen-bond acceptors (Lipinski definition) is 5. The lowest BCUT2D eigenvalue weighted by molar-refractivity contribution is -0.384. The molecule has 2 aromatic carbocycles. The lowest BCUT2D eigenvalue weighted by atomic mass is 10.1. The van der Waals surface area contributed by atoms with Gasteiger partial charge < -0.3 is 0 Å². The van der Waals surface area contributed by atoms with Crippen LogP contribution in [-0.4, -0.2) is 19.0 Å². The molecular formula is C18H12N4O4. The van der Waals surface area contributed by atoms with Crippen molar-refractivity contribution in [2.75, 3.05) is 0 Å². The smallest absolute Gasteiger partial charge is 0.293 e. The number of nitro benzene ring substituents is 1. The van der Waals surface area contributed by atoms with Gasteiger partial charge in [0, 0.05) is 19.2 Å². The van der Waals surface area contributed by atoms with Gasteiger partial charge in [0.1, 0.15) is 0 Å². The Bertz CT molecular complexity index is 1270. The van der Waals surface area contributed by atoms with Crippen LogP contribution < -0.4 is 11.2 Å². The molecule has 2 aliphatic heterocycles. The molecular weight excluding hydrogens is 336 g/mol. The van der Waals surface area contributed by atoms with Gasteiger partial charge in [-0.25, -0.2) is 4.79 Å². The molecule has 0 aromatic heterocycles. The topological polar surface area (TPSA) is 100 Å². The van der Waals surface area contributed by atoms with Crippen molar-refractivity contribution in [3.8, 4) is 17.1 Å². The maximum absolute atomic E-state index is 12.6. The molecule has 0 atom stereocenters. The van der Waals surface area contributed by atoms with Gasteiger partial charge in [-0.05, 0) is 23.6 Å². The third-order valence-electron chi connectivity index (χ3n) is 4.25. The fraction of sp³-hybridized carbons (Fsp3) is 0.0556. The molecule has 0 aliphatic carbocycles. The van der Waals surface area contributed by atoms with Gasteiger partial charge in [-0.15, -0.1) is 0 Å². The van der Waals surface area contributed by atoms with Crippen molar-refractivity contribution in [2.45, 2.75) is 0 Å². The molecule has 0 amide bonds. The minimum Gasteiger partial charge on any atom is -0.293 e. The van der Waals surface area contributed by atoms with Crippen LogP contribution in [0.25, 0.3) is 28.0 Å². The van der Waals surface area contributed by atoms with E-state index in [1.807, 2.05) is 12.1 Å². The molecule has 4 rings (SSSR count). The molecule has 0 saturated carbocycles. The molecule has 8 heteroatoms. The molecule has 2 aliphatic rings. The number of nitrogens with zero attached hydrogens (tertiary/aromatic N) is 4. The van der Waals surface area contributed by atoms with Crippen molar-refractivity contribution in [1.82, 2.24) is 14.1 Å². The highest BCUT2D eigenvalue weighted by Gasteiger charge is 2.20. The van der Waals surface area contributed by atoms with E-state index in [4.69, 9.17) is 0 Å². The Morgan fingerprint density at radius 1 is 1.04 bits per heavy atom. The number of pyridine rings is 1. The summed E-state index contributed by atoms with van der Waals surface area (Å²) in [5.41, 5.74) is 0.142. The van der Waals surface area contributed by atoms with Gasteiger partial charge in [0.25, 0.3) is 11.2 Å². The summed E-state index contributed by atoms with van der Waals surface area (Å²) < 4.78 is 2.54. The molecule has 2 aromatic rings. The molecule has 26 heavy (non-hydrogen) atoms. The summed E-state index contributed by atoms with van der Waals surface area (Å²) in [6, 6.07) is 14.9. The Kier molecular flexibility index (Phi) is 3.40. The van der Waals surface area contributed by atoms with Crippen molar-refractivity contribution in [2.24, 2.45) is 7.05 Å². The number of aromatic nitrogens is 3. The molecule has 0 bridgehead atoms. The second-order valence-corrected chi connectivity index (χ2v) is 5.81. The number of benzene rings is 2. The highest BCUT2D eigenvalue weighted by molar-refractivity contribution is 5.87. The average Bonchev–Trinajstić information content (AvgIpc) is 2.65. The van der Waals surface area contributed by atoms with E-state index in [1.165, 1.54) is 19.2 Å². The van der Waals surface area contributed by atoms with Crippen LogP contribution in [0.2, 0.25) is 0 Å². The van der Waals surface area contributed by atoms with Crippen molar-refractivity contribution in [1.29, 1.82) is 0 Å². The Hall–Kier alpha value is -3.81. The minimum atomic E-state index is -0.683. The van der Waals surface area contributed by atoms with Gasteiger partial charge in [0.2, 0.25) is 0 Å². The van der Waals surface area contributed by atoms with E-state index in [0.717, 1.165) is 9.95 Å². The van der Waals surface area contributed by atoms with Crippen LogP contribution in [-0.2, 0) is 7.05 Å². The summed E-state index contributed by atoms with van der Waals surface area (Å²) in [6.07, 6.45) is 0. The van der Waals surface area contributed by atoms with Crippen LogP contribution in [0, 0.1) is 10.1 Å². The lowest BCUT2D eigenvalue weighted by Crippen LogP contribution is -2.35. The van der Waals surface area contributed by atoms with Crippen LogP contribution in [0.5, 0.6) is 0 Å². The van der Waals surface area contributed by atoms with Gasteiger partial charge in [0.15, 0.2) is 5.82 Å². The van der Waals surface area contributed by atoms with Crippen LogP contribution in [0.1, 0.15) is 0 Å². The fourth-order valence-corrected chi connectivity index (χ4v) is 2.98. The van der Waals surface area contributed by atoms with Crippen LogP contribution in [0.4, 0.5) is 5.69 Å². The molecule has 0 spiro atoms. The van der Waals surface area contributed by atoms with Crippen LogP contribution in [0.3, 0.4) is 0 Å². The number of nitro groups is 1. The first-order valence-corrected chi connectivity index (χ1v) is 7.74. The number of para-hydroxylation sites is 1. The van der Waals surface area contributed by atoms with E-state index in [1.54, 1.807) is 34.9 Å². The van der Waals surface area contributed by atoms with Crippen LogP contribution >= 0.6 is 0 Å². The largest absolute Gasteiger partial charge is 0.352 e. The first kappa shape index (κ1) is 15.7. The molecule has 8 nitrogen and oxygen atoms in total. The Morgan fingerprint density at radius 3 is 2.58 bits per heavy atom. The summed E-state index contributed by atoms with van der Waals surface area (Å²) in [5, 5.41) is 11.9. The monoisotopic (exact) mass is 348 g/mol. The summed E-state index contributed by atoms with van der Waals surface area (Å²) in [6.45, 7) is 0. The van der Waals surface area contributed by atoms with Gasteiger partial charge in [0.05, 0.1) is 21.7 Å². The molecule has 0 N–H and O–H groups in total. The van der Waals surface area contributed by atoms with Gasteiger partial charge in [-0.3, -0.25) is 24.0 Å². The number of non-ortho nitro benzene ring substituents is 1. The maximum Gasteiger partial charge on any atom is 0.352 e. The number of fused-ring (bicyclic) bond motifs is 2. The summed E-state index contributed by atoms with van der Waals surface area (Å²) >= 11 is 0. The van der Waals surface area contributed by atoms with E-state index in [0.29, 0.717) is 11.2 Å². The molecule has 0 radical (unpaired) electrons. The molecule has 0 fully saturated rings. The Balaban J connectivity index is 2.22. The zero-order valence-electron chi connectivity index (χ0n) is 13.6. The zero-order chi connectivity index (χ0) is 18.4. The van der Waals surface area contributed by atoms with Crippen molar-refractivity contribution in [3.05, 3.63) is 85.5 Å². The molecule has 0 saturated heterocycles. The minimum absolute atomic E-state index is 0.0951. The fourth-order valence-electron chi connectivity index (χ4n) is 2.98. The lowest BCUT2D eigenvalue weighted by Gasteiger charge is -2.18. The van der Waals surface area contributed by atoms with Crippen molar-refractivity contribution in [3.63, 3.8) is 0 Å². The van der Waals surface area contributed by atoms with E-state index >= 15 is 0 Å². The first-order valence-electron chi connectivity index (χ1n) is 7.74. The van der Waals surface area contributed by atoms with Crippen LogP contribution in [0.15, 0.2) is 64.2 Å². The van der Waals surface area contributed by atoms with E-state index < -0.39 is 16.2 Å². The third-order valence-corrected chi connectivity index (χ3v) is 4.25. The standard InChI is InChI=1S/C18H12N4O4/c1-20-17(23)14-9-11-5-2-3-8-15(11)21(16(14)19-18(20)24)12-6-4-7-13(10-12)22(25)26/h2-10H,1H3. The second kappa shape index (κ2) is 5.62. The summed E-state index contributed by atoms with van der Waals surface area (Å²) in [4.78, 5) is 39.3. The summed E-state index contributed by atoms with van der Waals surface area (Å²) in [7, 11) is 1.37. The maximum atomic E-state index is 12.6. The quantitative estimate of drug-likeness (QED) is 0.314. The third kappa shape index (κ3) is 2.27. The van der Waals surface area contributed by atoms with E-state index in [-0.39, 0.29) is 17.1 Å². The molecule has 2 heterocycles. The first-order chi connectivity index (χ1) is 12.5. The average molecular weight is 348 g/mol. The Morgan fingerprint density at radius 2 is 1.81 bits per heavy atom. The highest BCUT2D eigenvalue weighted by Crippen LogP contribution is 2.28. The predicted molar refractivity (Wildman–Crippen MR) is 95.9 cm³/mol. The van der Waals surface area contributed by atoms with Crippen molar-refractivity contribution >= 4 is 16.6 Å². The van der Waals surface area contributed by atoms with Gasteiger partial charge in [-0.2, -0.15) is 4.98 Å². The Labute approximate surface area is 146 Å². The van der Waals surface area contributed by atoms with E-state index in [2.05, 4.69) is 4.98 Å². The highest BCUT2D eigenvalue weighted by atomic mass is 16.6.